The van der Waals surface area contributed by atoms with Crippen LogP contribution in [-0.4, -0.2) is 15.1 Å². The van der Waals surface area contributed by atoms with E-state index in [1.54, 1.807) is 6.20 Å². The summed E-state index contributed by atoms with van der Waals surface area (Å²) < 4.78 is 11.4. The number of hydrogen-bond acceptors (Lipinski definition) is 6. The Hall–Kier alpha value is -3.51. The Morgan fingerprint density at radius 2 is 1.75 bits per heavy atom. The first-order valence-corrected chi connectivity index (χ1v) is 12.8. The highest BCUT2D eigenvalue weighted by Crippen LogP contribution is 2.60. The first kappa shape index (κ1) is 22.9. The molecule has 2 bridgehead atoms. The van der Waals surface area contributed by atoms with Crippen LogP contribution in [-0.2, 0) is 17.6 Å². The van der Waals surface area contributed by atoms with E-state index in [2.05, 4.69) is 63.7 Å². The lowest BCUT2D eigenvalue weighted by molar-refractivity contribution is 0.299. The van der Waals surface area contributed by atoms with Gasteiger partial charge in [-0.15, -0.1) is 0 Å². The van der Waals surface area contributed by atoms with E-state index in [1.165, 1.54) is 36.8 Å². The normalized spacial score (nSPS) is 23.2. The zero-order valence-corrected chi connectivity index (χ0v) is 20.9. The van der Waals surface area contributed by atoms with Gasteiger partial charge in [0.2, 0.25) is 11.7 Å². The van der Waals surface area contributed by atoms with Crippen LogP contribution in [0.4, 0.5) is 0 Å². The molecule has 6 heteroatoms. The van der Waals surface area contributed by atoms with Crippen molar-refractivity contribution in [2.24, 2.45) is 17.6 Å². The molecule has 2 aromatic heterocycles. The molecule has 2 aliphatic rings. The molecule has 2 fully saturated rings. The smallest absolute Gasteiger partial charge is 0.246 e. The van der Waals surface area contributed by atoms with Gasteiger partial charge in [0.1, 0.15) is 12.4 Å². The zero-order valence-electron chi connectivity index (χ0n) is 20.9. The summed E-state index contributed by atoms with van der Waals surface area (Å²) in [5.41, 5.74) is 10.1. The maximum Gasteiger partial charge on any atom is 0.246 e. The van der Waals surface area contributed by atoms with Crippen molar-refractivity contribution in [3.8, 4) is 17.1 Å². The Kier molecular flexibility index (Phi) is 5.64. The van der Waals surface area contributed by atoms with E-state index < -0.39 is 5.54 Å². The summed E-state index contributed by atoms with van der Waals surface area (Å²) in [5.74, 6) is 3.33. The van der Waals surface area contributed by atoms with Crippen molar-refractivity contribution < 1.29 is 9.26 Å². The van der Waals surface area contributed by atoms with Crippen LogP contribution in [0, 0.1) is 11.8 Å². The number of fused-ring (bicyclic) bond motifs is 2. The molecule has 4 aromatic rings. The molecule has 0 amide bonds. The van der Waals surface area contributed by atoms with Crippen molar-refractivity contribution in [3.63, 3.8) is 0 Å². The monoisotopic (exact) mass is 480 g/mol. The highest BCUT2D eigenvalue weighted by atomic mass is 16.5. The highest BCUT2D eigenvalue weighted by molar-refractivity contribution is 5.57. The molecule has 2 saturated carbocycles. The van der Waals surface area contributed by atoms with Crippen LogP contribution in [0.3, 0.4) is 0 Å². The molecule has 3 unspecified atom stereocenters. The summed E-state index contributed by atoms with van der Waals surface area (Å²) in [6, 6.07) is 23.4. The predicted molar refractivity (Wildman–Crippen MR) is 138 cm³/mol. The van der Waals surface area contributed by atoms with E-state index in [0.29, 0.717) is 24.2 Å². The second-order valence-corrected chi connectivity index (χ2v) is 10.9. The average molecular weight is 481 g/mol. The topological polar surface area (TPSA) is 87.1 Å². The van der Waals surface area contributed by atoms with Gasteiger partial charge in [-0.2, -0.15) is 4.98 Å². The molecule has 0 spiro atoms. The van der Waals surface area contributed by atoms with Crippen LogP contribution < -0.4 is 10.5 Å². The zero-order chi connectivity index (χ0) is 24.8. The maximum atomic E-state index is 6.12. The summed E-state index contributed by atoms with van der Waals surface area (Å²) in [5, 5.41) is 4.16. The number of ether oxygens (including phenoxy) is 1. The second kappa shape index (κ2) is 8.86. The largest absolute Gasteiger partial charge is 0.487 e. The fourth-order valence-electron chi connectivity index (χ4n) is 6.21. The molecule has 184 valence electrons. The van der Waals surface area contributed by atoms with Gasteiger partial charge in [0.05, 0.1) is 11.2 Å². The number of hydrogen-bond donors (Lipinski definition) is 1. The SMILES string of the molecule is CC(C)(N)c1nc(-c2ccc(C3(c4ccc(OCc5ccccn5)cc4)CC4CCC3C4)cc2)no1. The molecule has 2 aromatic carbocycles. The fraction of sp³-hybridized carbons (Fsp3) is 0.367. The maximum absolute atomic E-state index is 6.12. The van der Waals surface area contributed by atoms with E-state index in [9.17, 15) is 0 Å². The molecule has 6 nitrogen and oxygen atoms in total. The third kappa shape index (κ3) is 4.09. The van der Waals surface area contributed by atoms with E-state index in [4.69, 9.17) is 15.0 Å². The Labute approximate surface area is 211 Å². The summed E-state index contributed by atoms with van der Waals surface area (Å²) in [7, 11) is 0. The molecule has 2 aliphatic carbocycles. The summed E-state index contributed by atoms with van der Waals surface area (Å²) in [6.45, 7) is 4.19. The van der Waals surface area contributed by atoms with Gasteiger partial charge in [0.15, 0.2) is 0 Å². The van der Waals surface area contributed by atoms with Crippen LogP contribution in [0.25, 0.3) is 11.4 Å². The van der Waals surface area contributed by atoms with Crippen molar-refractivity contribution in [2.45, 2.75) is 57.1 Å². The predicted octanol–water partition coefficient (Wildman–Crippen LogP) is 6.01. The third-order valence-electron chi connectivity index (χ3n) is 7.97. The quantitative estimate of drug-likeness (QED) is 0.348. The van der Waals surface area contributed by atoms with Gasteiger partial charge >= 0.3 is 0 Å². The lowest BCUT2D eigenvalue weighted by Gasteiger charge is -2.39. The summed E-state index contributed by atoms with van der Waals surface area (Å²) in [6.07, 6.45) is 6.92. The van der Waals surface area contributed by atoms with Crippen LogP contribution in [0.2, 0.25) is 0 Å². The molecule has 6 rings (SSSR count). The Morgan fingerprint density at radius 1 is 1.00 bits per heavy atom. The molecule has 0 radical (unpaired) electrons. The van der Waals surface area contributed by atoms with Crippen molar-refractivity contribution in [1.29, 1.82) is 0 Å². The molecule has 0 aliphatic heterocycles. The summed E-state index contributed by atoms with van der Waals surface area (Å²) in [4.78, 5) is 8.87. The van der Waals surface area contributed by atoms with Gasteiger partial charge < -0.3 is 15.0 Å². The van der Waals surface area contributed by atoms with E-state index >= 15 is 0 Å². The Balaban J connectivity index is 1.27. The molecular formula is C30H32N4O2. The Morgan fingerprint density at radius 3 is 2.33 bits per heavy atom. The Bertz CT molecular complexity index is 1330. The molecule has 2 N–H and O–H groups in total. The van der Waals surface area contributed by atoms with E-state index in [0.717, 1.165) is 22.9 Å². The van der Waals surface area contributed by atoms with Gasteiger partial charge in [-0.3, -0.25) is 4.98 Å². The summed E-state index contributed by atoms with van der Waals surface area (Å²) >= 11 is 0. The van der Waals surface area contributed by atoms with Crippen LogP contribution in [0.5, 0.6) is 5.75 Å². The third-order valence-corrected chi connectivity index (χ3v) is 7.97. The lowest BCUT2D eigenvalue weighted by Crippen LogP contribution is -2.34. The van der Waals surface area contributed by atoms with Crippen molar-refractivity contribution >= 4 is 0 Å². The van der Waals surface area contributed by atoms with Gasteiger partial charge in [-0.25, -0.2) is 0 Å². The number of rotatable bonds is 7. The minimum Gasteiger partial charge on any atom is -0.487 e. The molecule has 36 heavy (non-hydrogen) atoms. The molecular weight excluding hydrogens is 448 g/mol. The first-order chi connectivity index (χ1) is 17.4. The van der Waals surface area contributed by atoms with Gasteiger partial charge in [0, 0.05) is 17.2 Å². The van der Waals surface area contributed by atoms with Crippen LogP contribution >= 0.6 is 0 Å². The van der Waals surface area contributed by atoms with E-state index in [-0.39, 0.29) is 5.41 Å². The van der Waals surface area contributed by atoms with Gasteiger partial charge in [0.25, 0.3) is 0 Å². The molecule has 3 atom stereocenters. The van der Waals surface area contributed by atoms with Crippen molar-refractivity contribution in [1.82, 2.24) is 15.1 Å². The van der Waals surface area contributed by atoms with Crippen molar-refractivity contribution in [3.05, 3.63) is 95.6 Å². The standard InChI is InChI=1S/C30H32N4O2/c1-29(2,31)28-33-27(34-36-28)21-7-10-22(11-8-21)30(18-20-6-9-24(30)17-20)23-12-14-26(15-13-23)35-19-25-5-3-4-16-32-25/h3-5,7-8,10-16,20,24H,6,9,17-19,31H2,1-2H3. The number of nitrogens with zero attached hydrogens (tertiary/aromatic N) is 3. The minimum absolute atomic E-state index is 0.0304. The number of pyridine rings is 1. The molecule has 0 saturated heterocycles. The minimum atomic E-state index is -0.661. The van der Waals surface area contributed by atoms with Gasteiger partial charge in [-0.1, -0.05) is 54.0 Å². The fourth-order valence-corrected chi connectivity index (χ4v) is 6.21. The number of benzene rings is 2. The lowest BCUT2D eigenvalue weighted by atomic mass is 9.64. The van der Waals surface area contributed by atoms with E-state index in [1.807, 2.05) is 32.0 Å². The van der Waals surface area contributed by atoms with Crippen molar-refractivity contribution in [2.75, 3.05) is 0 Å². The second-order valence-electron chi connectivity index (χ2n) is 10.9. The van der Waals surface area contributed by atoms with Crippen LogP contribution in [0.15, 0.2) is 77.4 Å². The number of aromatic nitrogens is 3. The first-order valence-electron chi connectivity index (χ1n) is 12.8. The highest BCUT2D eigenvalue weighted by Gasteiger charge is 2.52. The van der Waals surface area contributed by atoms with Crippen LogP contribution in [0.1, 0.15) is 62.2 Å². The number of nitrogens with two attached hydrogens (primary N) is 1. The van der Waals surface area contributed by atoms with Gasteiger partial charge in [-0.05, 0) is 80.3 Å². The average Bonchev–Trinajstić information content (AvgIpc) is 3.65. The molecule has 2 heterocycles.